The molecule has 0 atom stereocenters. The molecule has 0 saturated heterocycles. The maximum absolute atomic E-state index is 4.95. The van der Waals surface area contributed by atoms with Crippen LogP contribution in [0.1, 0.15) is 0 Å². The van der Waals surface area contributed by atoms with Gasteiger partial charge < -0.3 is 0 Å². The van der Waals surface area contributed by atoms with Gasteiger partial charge in [0.2, 0.25) is 0 Å². The number of aromatic nitrogens is 4. The van der Waals surface area contributed by atoms with Gasteiger partial charge >= 0.3 is 0 Å². The molecule has 0 fully saturated rings. The summed E-state index contributed by atoms with van der Waals surface area (Å²) in [6, 6.07) is 54.6. The minimum absolute atomic E-state index is 0.643. The van der Waals surface area contributed by atoms with Crippen molar-refractivity contribution in [2.45, 2.75) is 0 Å². The Hall–Kier alpha value is -6.26. The van der Waals surface area contributed by atoms with Gasteiger partial charge in [-0.3, -0.25) is 4.98 Å². The molecule has 0 aliphatic rings. The van der Waals surface area contributed by atoms with Gasteiger partial charge in [0.15, 0.2) is 17.5 Å². The summed E-state index contributed by atoms with van der Waals surface area (Å²) in [5.74, 6) is 1.95. The number of hydrogen-bond donors (Lipinski definition) is 0. The normalized spacial score (nSPS) is 11.0. The van der Waals surface area contributed by atoms with Crippen molar-refractivity contribution < 1.29 is 0 Å². The third-order valence-corrected chi connectivity index (χ3v) is 8.26. The topological polar surface area (TPSA) is 51.6 Å². The number of nitrogens with zero attached hydrogens (tertiary/aromatic N) is 4. The van der Waals surface area contributed by atoms with Gasteiger partial charge in [-0.1, -0.05) is 140 Å². The zero-order valence-corrected chi connectivity index (χ0v) is 25.0. The summed E-state index contributed by atoms with van der Waals surface area (Å²) in [5.41, 5.74) is 9.83. The number of hydrogen-bond acceptors (Lipinski definition) is 4. The summed E-state index contributed by atoms with van der Waals surface area (Å²) in [6.45, 7) is 0. The highest BCUT2D eigenvalue weighted by atomic mass is 15.0. The van der Waals surface area contributed by atoms with Crippen LogP contribution in [-0.2, 0) is 0 Å². The van der Waals surface area contributed by atoms with Crippen LogP contribution in [0.4, 0.5) is 0 Å². The Bertz CT molecular complexity index is 2220. The lowest BCUT2D eigenvalue weighted by molar-refractivity contribution is 1.07. The molecule has 4 heteroatoms. The van der Waals surface area contributed by atoms with Crippen molar-refractivity contribution in [1.82, 2.24) is 19.9 Å². The molecule has 0 radical (unpaired) electrons. The summed E-state index contributed by atoms with van der Waals surface area (Å²) < 4.78 is 0. The highest BCUT2D eigenvalue weighted by Crippen LogP contribution is 2.37. The predicted octanol–water partition coefficient (Wildman–Crippen LogP) is 10.4. The molecule has 0 saturated carbocycles. The third kappa shape index (κ3) is 5.33. The van der Waals surface area contributed by atoms with Gasteiger partial charge in [0.1, 0.15) is 0 Å². The lowest BCUT2D eigenvalue weighted by Gasteiger charge is -2.14. The molecule has 0 aliphatic carbocycles. The molecule has 46 heavy (non-hydrogen) atoms. The van der Waals surface area contributed by atoms with E-state index in [-0.39, 0.29) is 0 Å². The molecule has 8 aromatic rings. The Balaban J connectivity index is 1.21. The second kappa shape index (κ2) is 12.0. The molecular weight excluding hydrogens is 560 g/mol. The average molecular weight is 589 g/mol. The van der Waals surface area contributed by atoms with Crippen LogP contribution in [0.5, 0.6) is 0 Å². The second-order valence-corrected chi connectivity index (χ2v) is 11.1. The molecule has 8 rings (SSSR count). The van der Waals surface area contributed by atoms with E-state index >= 15 is 0 Å². The summed E-state index contributed by atoms with van der Waals surface area (Å²) >= 11 is 0. The van der Waals surface area contributed by atoms with Crippen LogP contribution in [0.25, 0.3) is 78.3 Å². The van der Waals surface area contributed by atoms with E-state index in [1.807, 2.05) is 85.2 Å². The molecule has 0 amide bonds. The van der Waals surface area contributed by atoms with Crippen molar-refractivity contribution >= 4 is 10.8 Å². The summed E-state index contributed by atoms with van der Waals surface area (Å²) in [5, 5.41) is 2.40. The highest BCUT2D eigenvalue weighted by molar-refractivity contribution is 6.05. The Labute approximate surface area is 267 Å². The summed E-state index contributed by atoms with van der Waals surface area (Å²) in [7, 11) is 0. The van der Waals surface area contributed by atoms with Gasteiger partial charge in [-0.2, -0.15) is 0 Å². The fraction of sp³-hybridized carbons (Fsp3) is 0. The Morgan fingerprint density at radius 1 is 0.283 bits per heavy atom. The quantitative estimate of drug-likeness (QED) is 0.194. The minimum Gasteiger partial charge on any atom is -0.265 e. The van der Waals surface area contributed by atoms with E-state index in [1.165, 1.54) is 27.5 Å². The van der Waals surface area contributed by atoms with Gasteiger partial charge in [0, 0.05) is 29.1 Å². The standard InChI is InChI=1S/C42H28N4/c1-3-10-32(11-4-1)40-44-41(33-12-5-2-6-13-33)46-42(45-40)35-15-9-14-34(28-35)37-23-22-36(38-16-7-8-17-39(37)38)31-20-18-29(19-21-31)30-24-26-43-27-25-30/h1-28H. The zero-order chi connectivity index (χ0) is 30.7. The van der Waals surface area contributed by atoms with Crippen molar-refractivity contribution in [2.75, 3.05) is 0 Å². The van der Waals surface area contributed by atoms with Crippen molar-refractivity contribution in [3.8, 4) is 67.5 Å². The average Bonchev–Trinajstić information content (AvgIpc) is 3.15. The molecule has 0 bridgehead atoms. The second-order valence-electron chi connectivity index (χ2n) is 11.1. The first-order valence-corrected chi connectivity index (χ1v) is 15.3. The van der Waals surface area contributed by atoms with E-state index in [4.69, 9.17) is 15.0 Å². The molecule has 0 unspecified atom stereocenters. The molecule has 6 aromatic carbocycles. The van der Waals surface area contributed by atoms with E-state index in [0.717, 1.165) is 33.4 Å². The molecule has 4 nitrogen and oxygen atoms in total. The Kier molecular flexibility index (Phi) is 7.14. The van der Waals surface area contributed by atoms with E-state index < -0.39 is 0 Å². The van der Waals surface area contributed by atoms with Crippen LogP contribution < -0.4 is 0 Å². The number of rotatable bonds is 6. The highest BCUT2D eigenvalue weighted by Gasteiger charge is 2.14. The van der Waals surface area contributed by atoms with Crippen LogP contribution in [0.15, 0.2) is 170 Å². The molecule has 216 valence electrons. The zero-order valence-electron chi connectivity index (χ0n) is 25.0. The van der Waals surface area contributed by atoms with Gasteiger partial charge in [0.05, 0.1) is 0 Å². The number of benzene rings is 6. The van der Waals surface area contributed by atoms with Crippen molar-refractivity contribution in [3.63, 3.8) is 0 Å². The van der Waals surface area contributed by atoms with Gasteiger partial charge in [-0.05, 0) is 62.4 Å². The largest absolute Gasteiger partial charge is 0.265 e. The first kappa shape index (κ1) is 27.3. The van der Waals surface area contributed by atoms with Crippen LogP contribution in [-0.4, -0.2) is 19.9 Å². The van der Waals surface area contributed by atoms with E-state index in [0.29, 0.717) is 17.5 Å². The SMILES string of the molecule is c1ccc(-c2nc(-c3ccccc3)nc(-c3cccc(-c4ccc(-c5ccc(-c6ccncc6)cc5)c5ccccc45)c3)n2)cc1. The summed E-state index contributed by atoms with van der Waals surface area (Å²) in [4.78, 5) is 18.9. The van der Waals surface area contributed by atoms with E-state index in [9.17, 15) is 0 Å². The summed E-state index contributed by atoms with van der Waals surface area (Å²) in [6.07, 6.45) is 3.66. The van der Waals surface area contributed by atoms with E-state index in [1.54, 1.807) is 0 Å². The first-order valence-electron chi connectivity index (χ1n) is 15.3. The Morgan fingerprint density at radius 3 is 1.30 bits per heavy atom. The minimum atomic E-state index is 0.643. The van der Waals surface area contributed by atoms with Crippen LogP contribution in [0.2, 0.25) is 0 Å². The predicted molar refractivity (Wildman–Crippen MR) is 188 cm³/mol. The maximum Gasteiger partial charge on any atom is 0.164 e. The molecule has 0 aliphatic heterocycles. The monoisotopic (exact) mass is 588 g/mol. The van der Waals surface area contributed by atoms with Crippen molar-refractivity contribution in [1.29, 1.82) is 0 Å². The van der Waals surface area contributed by atoms with Gasteiger partial charge in [0.25, 0.3) is 0 Å². The van der Waals surface area contributed by atoms with E-state index in [2.05, 4.69) is 89.9 Å². The maximum atomic E-state index is 4.95. The first-order chi connectivity index (χ1) is 22.8. The molecule has 2 heterocycles. The Morgan fingerprint density at radius 2 is 0.717 bits per heavy atom. The van der Waals surface area contributed by atoms with Crippen molar-refractivity contribution in [3.05, 3.63) is 170 Å². The molecule has 0 N–H and O–H groups in total. The van der Waals surface area contributed by atoms with Gasteiger partial charge in [-0.15, -0.1) is 0 Å². The molecule has 0 spiro atoms. The lowest BCUT2D eigenvalue weighted by Crippen LogP contribution is -2.00. The molecule has 2 aromatic heterocycles. The van der Waals surface area contributed by atoms with Crippen LogP contribution >= 0.6 is 0 Å². The number of fused-ring (bicyclic) bond motifs is 1. The molecular formula is C42H28N4. The van der Waals surface area contributed by atoms with Crippen molar-refractivity contribution in [2.24, 2.45) is 0 Å². The fourth-order valence-electron chi connectivity index (χ4n) is 5.95. The van der Waals surface area contributed by atoms with Gasteiger partial charge in [-0.25, -0.2) is 15.0 Å². The fourth-order valence-corrected chi connectivity index (χ4v) is 5.95. The van der Waals surface area contributed by atoms with Crippen LogP contribution in [0, 0.1) is 0 Å². The third-order valence-electron chi connectivity index (χ3n) is 8.26. The lowest BCUT2D eigenvalue weighted by atomic mass is 9.91. The van der Waals surface area contributed by atoms with Crippen LogP contribution in [0.3, 0.4) is 0 Å². The number of pyridine rings is 1. The smallest absolute Gasteiger partial charge is 0.164 e.